The Morgan fingerprint density at radius 3 is 2.40 bits per heavy atom. The number of carbonyl (C=O) groups is 1. The third-order valence-corrected chi connectivity index (χ3v) is 3.10. The van der Waals surface area contributed by atoms with Crippen LogP contribution in [0.5, 0.6) is 11.8 Å². The lowest BCUT2D eigenvalue weighted by atomic mass is 10.1. The number of benzene rings is 1. The van der Waals surface area contributed by atoms with Crippen LogP contribution in [0.3, 0.4) is 0 Å². The largest absolute Gasteiger partial charge is 0.444 e. The maximum atomic E-state index is 11.8. The Morgan fingerprint density at radius 1 is 1.20 bits per heavy atom. The van der Waals surface area contributed by atoms with Crippen LogP contribution >= 0.6 is 0 Å². The third kappa shape index (κ3) is 6.76. The van der Waals surface area contributed by atoms with Crippen molar-refractivity contribution < 1.29 is 19.4 Å². The highest BCUT2D eigenvalue weighted by atomic mass is 16.6. The van der Waals surface area contributed by atoms with Gasteiger partial charge in [0.2, 0.25) is 0 Å². The molecule has 0 radical (unpaired) electrons. The summed E-state index contributed by atoms with van der Waals surface area (Å²) in [7, 11) is 0. The zero-order valence-corrected chi connectivity index (χ0v) is 14.6. The molecular formula is C18H23N3O4. The summed E-state index contributed by atoms with van der Waals surface area (Å²) in [6.07, 6.45) is 3.13. The lowest BCUT2D eigenvalue weighted by Gasteiger charge is -2.22. The summed E-state index contributed by atoms with van der Waals surface area (Å²) in [5, 5.41) is 12.1. The summed E-state index contributed by atoms with van der Waals surface area (Å²) >= 11 is 0. The molecule has 25 heavy (non-hydrogen) atoms. The molecule has 7 heteroatoms. The Bertz CT molecular complexity index is 669. The molecule has 134 valence electrons. The van der Waals surface area contributed by atoms with Gasteiger partial charge in [0.15, 0.2) is 0 Å². The summed E-state index contributed by atoms with van der Waals surface area (Å²) in [6.45, 7) is 5.18. The Hall–Kier alpha value is -2.67. The number of carbonyl (C=O) groups excluding carboxylic acids is 1. The van der Waals surface area contributed by atoms with Crippen LogP contribution in [-0.4, -0.2) is 39.4 Å². The molecule has 1 amide bonds. The molecule has 1 unspecified atom stereocenters. The highest BCUT2D eigenvalue weighted by molar-refractivity contribution is 5.68. The van der Waals surface area contributed by atoms with E-state index in [0.29, 0.717) is 12.2 Å². The number of nitrogens with zero attached hydrogens (tertiary/aromatic N) is 2. The van der Waals surface area contributed by atoms with E-state index in [-0.39, 0.29) is 12.6 Å². The molecule has 0 aliphatic heterocycles. The van der Waals surface area contributed by atoms with Crippen LogP contribution in [0.15, 0.2) is 42.7 Å². The molecule has 1 heterocycles. The molecule has 1 aromatic carbocycles. The maximum Gasteiger partial charge on any atom is 0.407 e. The van der Waals surface area contributed by atoms with Crippen molar-refractivity contribution in [1.82, 2.24) is 15.3 Å². The highest BCUT2D eigenvalue weighted by Crippen LogP contribution is 2.18. The molecule has 0 aliphatic carbocycles. The van der Waals surface area contributed by atoms with E-state index in [9.17, 15) is 9.90 Å². The lowest BCUT2D eigenvalue weighted by molar-refractivity contribution is 0.0483. The fraction of sp³-hybridized carbons (Fsp3) is 0.389. The second kappa shape index (κ2) is 8.43. The molecule has 0 spiro atoms. The van der Waals surface area contributed by atoms with E-state index in [4.69, 9.17) is 9.47 Å². The number of amides is 1. The van der Waals surface area contributed by atoms with E-state index in [2.05, 4.69) is 15.3 Å². The topological polar surface area (TPSA) is 93.6 Å². The maximum absolute atomic E-state index is 11.8. The Balaban J connectivity index is 1.91. The summed E-state index contributed by atoms with van der Waals surface area (Å²) in [5.74, 6) is 0.607. The van der Waals surface area contributed by atoms with Gasteiger partial charge in [0, 0.05) is 12.4 Å². The van der Waals surface area contributed by atoms with Crippen LogP contribution in [0.1, 0.15) is 26.3 Å². The van der Waals surface area contributed by atoms with Gasteiger partial charge < -0.3 is 19.9 Å². The van der Waals surface area contributed by atoms with Crippen molar-refractivity contribution in [3.05, 3.63) is 48.3 Å². The van der Waals surface area contributed by atoms with Crippen molar-refractivity contribution in [2.75, 3.05) is 6.61 Å². The molecule has 1 aromatic heterocycles. The first-order chi connectivity index (χ1) is 11.9. The zero-order valence-electron chi connectivity index (χ0n) is 14.6. The van der Waals surface area contributed by atoms with Gasteiger partial charge in [-0.25, -0.2) is 14.8 Å². The SMILES string of the molecule is CC(C)(C)OC(=O)NC(CO)Cc1ccc(Oc2ncccn2)cc1. The van der Waals surface area contributed by atoms with Crippen LogP contribution in [0.25, 0.3) is 0 Å². The Labute approximate surface area is 147 Å². The summed E-state index contributed by atoms with van der Waals surface area (Å²) < 4.78 is 10.7. The van der Waals surface area contributed by atoms with E-state index >= 15 is 0 Å². The normalized spacial score (nSPS) is 12.3. The van der Waals surface area contributed by atoms with Crippen molar-refractivity contribution in [3.8, 4) is 11.8 Å². The predicted octanol–water partition coefficient (Wildman–Crippen LogP) is 2.70. The van der Waals surface area contributed by atoms with Gasteiger partial charge in [0.1, 0.15) is 11.4 Å². The van der Waals surface area contributed by atoms with E-state index < -0.39 is 17.7 Å². The number of aliphatic hydroxyl groups excluding tert-OH is 1. The standard InChI is InChI=1S/C18H23N3O4/c1-18(2,3)25-17(23)21-14(12-22)11-13-5-7-15(8-6-13)24-16-19-9-4-10-20-16/h4-10,14,22H,11-12H2,1-3H3,(H,21,23). The molecule has 0 saturated carbocycles. The molecule has 0 bridgehead atoms. The molecule has 2 N–H and O–H groups in total. The second-order valence-electron chi connectivity index (χ2n) is 6.51. The first-order valence-corrected chi connectivity index (χ1v) is 8.00. The minimum absolute atomic E-state index is 0.185. The lowest BCUT2D eigenvalue weighted by Crippen LogP contribution is -2.42. The van der Waals surface area contributed by atoms with Crippen molar-refractivity contribution in [1.29, 1.82) is 0 Å². The predicted molar refractivity (Wildman–Crippen MR) is 92.5 cm³/mol. The molecule has 0 fully saturated rings. The van der Waals surface area contributed by atoms with E-state index in [1.807, 2.05) is 12.1 Å². The van der Waals surface area contributed by atoms with Crippen molar-refractivity contribution in [3.63, 3.8) is 0 Å². The summed E-state index contributed by atoms with van der Waals surface area (Å²) in [4.78, 5) is 19.8. The number of rotatable bonds is 6. The molecule has 0 saturated heterocycles. The molecular weight excluding hydrogens is 322 g/mol. The minimum Gasteiger partial charge on any atom is -0.444 e. The molecule has 2 aromatic rings. The smallest absolute Gasteiger partial charge is 0.407 e. The Morgan fingerprint density at radius 2 is 1.84 bits per heavy atom. The van der Waals surface area contributed by atoms with Crippen molar-refractivity contribution in [2.45, 2.75) is 38.8 Å². The van der Waals surface area contributed by atoms with E-state index in [1.54, 1.807) is 51.4 Å². The van der Waals surface area contributed by atoms with Gasteiger partial charge in [-0.05, 0) is 51.0 Å². The monoisotopic (exact) mass is 345 g/mol. The van der Waals surface area contributed by atoms with Gasteiger partial charge in [-0.3, -0.25) is 0 Å². The number of aromatic nitrogens is 2. The van der Waals surface area contributed by atoms with Crippen LogP contribution in [0.4, 0.5) is 4.79 Å². The number of ether oxygens (including phenoxy) is 2. The van der Waals surface area contributed by atoms with Crippen LogP contribution in [0.2, 0.25) is 0 Å². The summed E-state index contributed by atoms with van der Waals surface area (Å²) in [6, 6.07) is 8.84. The first-order valence-electron chi connectivity index (χ1n) is 8.00. The highest BCUT2D eigenvalue weighted by Gasteiger charge is 2.19. The Kier molecular flexibility index (Phi) is 6.30. The van der Waals surface area contributed by atoms with Gasteiger partial charge in [-0.1, -0.05) is 12.1 Å². The molecule has 7 nitrogen and oxygen atoms in total. The minimum atomic E-state index is -0.581. The average Bonchev–Trinajstić information content (AvgIpc) is 2.55. The molecule has 2 rings (SSSR count). The zero-order chi connectivity index (χ0) is 18.3. The van der Waals surface area contributed by atoms with Gasteiger partial charge in [0.25, 0.3) is 0 Å². The van der Waals surface area contributed by atoms with Crippen LogP contribution in [0, 0.1) is 0 Å². The second-order valence-corrected chi connectivity index (χ2v) is 6.51. The summed E-state index contributed by atoms with van der Waals surface area (Å²) in [5.41, 5.74) is 0.360. The van der Waals surface area contributed by atoms with E-state index in [1.165, 1.54) is 0 Å². The quantitative estimate of drug-likeness (QED) is 0.836. The molecule has 0 aliphatic rings. The number of hydrogen-bond donors (Lipinski definition) is 2. The van der Waals surface area contributed by atoms with Gasteiger partial charge >= 0.3 is 12.1 Å². The fourth-order valence-electron chi connectivity index (χ4n) is 2.06. The molecule has 1 atom stereocenters. The number of alkyl carbamates (subject to hydrolysis) is 1. The third-order valence-electron chi connectivity index (χ3n) is 3.10. The van der Waals surface area contributed by atoms with Gasteiger partial charge in [-0.15, -0.1) is 0 Å². The van der Waals surface area contributed by atoms with E-state index in [0.717, 1.165) is 5.56 Å². The van der Waals surface area contributed by atoms with Gasteiger partial charge in [-0.2, -0.15) is 0 Å². The van der Waals surface area contributed by atoms with Gasteiger partial charge in [0.05, 0.1) is 12.6 Å². The number of hydrogen-bond acceptors (Lipinski definition) is 6. The van der Waals surface area contributed by atoms with Crippen molar-refractivity contribution in [2.24, 2.45) is 0 Å². The van der Waals surface area contributed by atoms with Crippen molar-refractivity contribution >= 4 is 6.09 Å². The first kappa shape index (κ1) is 18.7. The van der Waals surface area contributed by atoms with Crippen LogP contribution < -0.4 is 10.1 Å². The average molecular weight is 345 g/mol. The van der Waals surface area contributed by atoms with Crippen LogP contribution in [-0.2, 0) is 11.2 Å². The fourth-order valence-corrected chi connectivity index (χ4v) is 2.06. The number of aliphatic hydroxyl groups is 1. The number of nitrogens with one attached hydrogen (secondary N) is 1.